The van der Waals surface area contributed by atoms with Crippen LogP contribution in [0.4, 0.5) is 0 Å². The average molecular weight is 691 g/mol. The summed E-state index contributed by atoms with van der Waals surface area (Å²) in [6.45, 7) is 17.9. The first kappa shape index (κ1) is 40.6. The molecule has 2 aliphatic rings. The Bertz CT molecular complexity index is 1480. The van der Waals surface area contributed by atoms with Gasteiger partial charge in [0.2, 0.25) is 6.10 Å². The molecule has 0 saturated heterocycles. The largest absolute Gasteiger partial charge is 0.458 e. The first-order valence-electron chi connectivity index (χ1n) is 15.7. The Morgan fingerprint density at radius 3 is 1.71 bits per heavy atom. The zero-order valence-corrected chi connectivity index (χ0v) is 29.8. The standard InChI is InChI=1S/C35H46O14/c1-13-17(2)32(43)47-28-27(45-21(6)37)19(4)26(44-20(5)36)25-31(46-22(7)38)34(12,48-23(8)39)16-35(25,49-24(9)40)29(41)18(3)14-15-33(10,11)30(28)42/h13-15,18,25-28,31H,4,16H2,1-3,5-12H3/b15-14+,17-13-/t18-,25+,26+,27+,28-,31-,34-,35-/m1/s1. The van der Waals surface area contributed by atoms with Gasteiger partial charge in [0.15, 0.2) is 35.0 Å². The minimum absolute atomic E-state index is 0.104. The highest BCUT2D eigenvalue weighted by atomic mass is 16.6. The normalized spacial score (nSPS) is 32.3. The van der Waals surface area contributed by atoms with Crippen molar-refractivity contribution in [2.24, 2.45) is 17.3 Å². The number of carbonyl (C=O) groups is 8. The number of esters is 6. The van der Waals surface area contributed by atoms with E-state index in [1.54, 1.807) is 6.92 Å². The molecule has 0 unspecified atom stereocenters. The van der Waals surface area contributed by atoms with Gasteiger partial charge in [-0.3, -0.25) is 33.6 Å². The minimum atomic E-state index is -2.36. The lowest BCUT2D eigenvalue weighted by Gasteiger charge is -2.42. The predicted molar refractivity (Wildman–Crippen MR) is 170 cm³/mol. The van der Waals surface area contributed by atoms with E-state index in [1.165, 1.54) is 52.8 Å². The van der Waals surface area contributed by atoms with Gasteiger partial charge in [-0.15, -0.1) is 0 Å². The van der Waals surface area contributed by atoms with Crippen molar-refractivity contribution in [2.45, 2.75) is 118 Å². The molecule has 1 fully saturated rings. The molecule has 0 N–H and O–H groups in total. The van der Waals surface area contributed by atoms with Crippen LogP contribution in [0.2, 0.25) is 0 Å². The third-order valence-corrected chi connectivity index (χ3v) is 8.51. The Hall–Kier alpha value is -4.62. The van der Waals surface area contributed by atoms with E-state index in [9.17, 15) is 38.4 Å². The second-order valence-corrected chi connectivity index (χ2v) is 13.2. The van der Waals surface area contributed by atoms with Crippen LogP contribution in [-0.4, -0.2) is 83.0 Å². The molecule has 0 aromatic heterocycles. The lowest BCUT2D eigenvalue weighted by molar-refractivity contribution is -0.191. The van der Waals surface area contributed by atoms with Crippen molar-refractivity contribution in [1.29, 1.82) is 0 Å². The number of hydrogen-bond donors (Lipinski definition) is 0. The van der Waals surface area contributed by atoms with E-state index < -0.39 is 112 Å². The summed E-state index contributed by atoms with van der Waals surface area (Å²) in [6.07, 6.45) is -3.71. The number of fused-ring (bicyclic) bond motifs is 1. The molecule has 2 rings (SSSR count). The van der Waals surface area contributed by atoms with Gasteiger partial charge in [-0.2, -0.15) is 0 Å². The van der Waals surface area contributed by atoms with Crippen molar-refractivity contribution in [1.82, 2.24) is 0 Å². The number of ether oxygens (including phenoxy) is 6. The number of ketones is 2. The third-order valence-electron chi connectivity index (χ3n) is 8.51. The molecule has 2 aliphatic carbocycles. The summed E-state index contributed by atoms with van der Waals surface area (Å²) < 4.78 is 34.3. The van der Waals surface area contributed by atoms with Gasteiger partial charge < -0.3 is 28.4 Å². The first-order chi connectivity index (χ1) is 22.4. The topological polar surface area (TPSA) is 192 Å². The van der Waals surface area contributed by atoms with Gasteiger partial charge in [0.25, 0.3) is 0 Å². The van der Waals surface area contributed by atoms with E-state index in [4.69, 9.17) is 28.4 Å². The summed E-state index contributed by atoms with van der Waals surface area (Å²) in [5.41, 5.74) is -6.04. The molecular formula is C35H46O14. The fraction of sp³-hybridized carbons (Fsp3) is 0.600. The van der Waals surface area contributed by atoms with E-state index in [2.05, 4.69) is 6.58 Å². The number of Topliss-reactive ketones (excluding diaryl/α,β-unsaturated/α-hetero) is 2. The van der Waals surface area contributed by atoms with Crippen molar-refractivity contribution < 1.29 is 66.8 Å². The van der Waals surface area contributed by atoms with Gasteiger partial charge in [-0.05, 0) is 34.6 Å². The van der Waals surface area contributed by atoms with E-state index in [1.807, 2.05) is 0 Å². The molecular weight excluding hydrogens is 644 g/mol. The van der Waals surface area contributed by atoms with Crippen molar-refractivity contribution in [3.05, 3.63) is 36.0 Å². The minimum Gasteiger partial charge on any atom is -0.458 e. The highest BCUT2D eigenvalue weighted by molar-refractivity contribution is 5.97. The molecule has 14 heteroatoms. The maximum Gasteiger partial charge on any atom is 0.334 e. The van der Waals surface area contributed by atoms with Crippen molar-refractivity contribution in [3.63, 3.8) is 0 Å². The third kappa shape index (κ3) is 8.90. The molecule has 0 amide bonds. The molecule has 1 saturated carbocycles. The maximum atomic E-state index is 14.7. The van der Waals surface area contributed by atoms with Crippen LogP contribution < -0.4 is 0 Å². The second-order valence-electron chi connectivity index (χ2n) is 13.2. The molecule has 0 radical (unpaired) electrons. The smallest absolute Gasteiger partial charge is 0.334 e. The van der Waals surface area contributed by atoms with Crippen LogP contribution in [-0.2, 0) is 66.8 Å². The fourth-order valence-electron chi connectivity index (χ4n) is 6.35. The maximum absolute atomic E-state index is 14.7. The quantitative estimate of drug-likeness (QED) is 0.164. The highest BCUT2D eigenvalue weighted by Gasteiger charge is 2.72. The zero-order chi connectivity index (χ0) is 37.8. The Morgan fingerprint density at radius 2 is 1.24 bits per heavy atom. The molecule has 14 nitrogen and oxygen atoms in total. The SMILES string of the molecule is C=C1[C@H](OC(C)=O)[C@H]2[C@@H](OC(C)=O)[C@](C)(OC(C)=O)C[C@]2(OC(C)=O)C(=O)[C@H](C)/C=C/C(C)(C)C(=O)[C@H](OC(=O)/C(C)=C\C)[C@H]1OC(C)=O. The highest BCUT2D eigenvalue weighted by Crippen LogP contribution is 2.54. The summed E-state index contributed by atoms with van der Waals surface area (Å²) in [5, 5.41) is 0. The van der Waals surface area contributed by atoms with Crippen LogP contribution in [0.1, 0.15) is 82.6 Å². The lowest BCUT2D eigenvalue weighted by atomic mass is 9.72. The molecule has 0 spiro atoms. The molecule has 0 aromatic rings. The van der Waals surface area contributed by atoms with E-state index in [0.29, 0.717) is 0 Å². The van der Waals surface area contributed by atoms with Gasteiger partial charge in [0, 0.05) is 63.5 Å². The molecule has 0 aromatic carbocycles. The van der Waals surface area contributed by atoms with Crippen LogP contribution in [0.15, 0.2) is 36.0 Å². The molecule has 0 aliphatic heterocycles. The summed E-state index contributed by atoms with van der Waals surface area (Å²) >= 11 is 0. The predicted octanol–water partition coefficient (Wildman–Crippen LogP) is 3.23. The van der Waals surface area contributed by atoms with Crippen molar-refractivity contribution in [2.75, 3.05) is 0 Å². The van der Waals surface area contributed by atoms with Gasteiger partial charge in [-0.25, -0.2) is 4.79 Å². The van der Waals surface area contributed by atoms with Crippen LogP contribution in [0.25, 0.3) is 0 Å². The van der Waals surface area contributed by atoms with Gasteiger partial charge >= 0.3 is 35.8 Å². The molecule has 270 valence electrons. The Morgan fingerprint density at radius 1 is 0.735 bits per heavy atom. The lowest BCUT2D eigenvalue weighted by Crippen LogP contribution is -2.58. The van der Waals surface area contributed by atoms with Crippen molar-refractivity contribution in [3.8, 4) is 0 Å². The number of rotatable bonds is 7. The number of hydrogen-bond acceptors (Lipinski definition) is 14. The van der Waals surface area contributed by atoms with Gasteiger partial charge in [0.05, 0.1) is 5.92 Å². The van der Waals surface area contributed by atoms with Gasteiger partial charge in [0.1, 0.15) is 6.10 Å². The van der Waals surface area contributed by atoms with Crippen LogP contribution in [0.5, 0.6) is 0 Å². The van der Waals surface area contributed by atoms with E-state index in [0.717, 1.165) is 34.6 Å². The molecule has 0 heterocycles. The molecule has 8 atom stereocenters. The number of carbonyl (C=O) groups excluding carboxylic acids is 8. The molecule has 0 bridgehead atoms. The Kier molecular flexibility index (Phi) is 12.7. The fourth-order valence-corrected chi connectivity index (χ4v) is 6.35. The van der Waals surface area contributed by atoms with Crippen LogP contribution in [0, 0.1) is 17.3 Å². The van der Waals surface area contributed by atoms with Crippen molar-refractivity contribution >= 4 is 47.4 Å². The zero-order valence-electron chi connectivity index (χ0n) is 29.8. The summed E-state index contributed by atoms with van der Waals surface area (Å²) in [7, 11) is 0. The number of allylic oxidation sites excluding steroid dienone is 3. The summed E-state index contributed by atoms with van der Waals surface area (Å²) in [6, 6.07) is 0. The molecule has 49 heavy (non-hydrogen) atoms. The second kappa shape index (κ2) is 15.3. The van der Waals surface area contributed by atoms with Gasteiger partial charge in [-0.1, -0.05) is 31.7 Å². The summed E-state index contributed by atoms with van der Waals surface area (Å²) in [5.74, 6) is -10.1. The average Bonchev–Trinajstić information content (AvgIpc) is 3.19. The van der Waals surface area contributed by atoms with Crippen LogP contribution in [0.3, 0.4) is 0 Å². The first-order valence-corrected chi connectivity index (χ1v) is 15.7. The van der Waals surface area contributed by atoms with E-state index in [-0.39, 0.29) is 5.57 Å². The summed E-state index contributed by atoms with van der Waals surface area (Å²) in [4.78, 5) is 106. The Labute approximate surface area is 285 Å². The Balaban J connectivity index is 3.23. The van der Waals surface area contributed by atoms with Crippen LogP contribution >= 0.6 is 0 Å². The monoisotopic (exact) mass is 690 g/mol. The van der Waals surface area contributed by atoms with E-state index >= 15 is 0 Å².